The number of nitrogens with zero attached hydrogens (tertiary/aromatic N) is 2. The summed E-state index contributed by atoms with van der Waals surface area (Å²) in [7, 11) is 3.08. The standard InChI is InChI=1S/C21H32N2O4/c1-13(2)10-11-23(20(25)16-8-7-9-16)12-17(24)18-14(3)19(21(26)27-6)22(5)15(18)4/h13,16H,7-12H2,1-6H3. The van der Waals surface area contributed by atoms with Gasteiger partial charge in [-0.15, -0.1) is 0 Å². The molecule has 0 atom stereocenters. The Morgan fingerprint density at radius 2 is 1.85 bits per heavy atom. The second kappa shape index (κ2) is 8.72. The average Bonchev–Trinajstić information content (AvgIpc) is 2.78. The molecular weight excluding hydrogens is 344 g/mol. The van der Waals surface area contributed by atoms with Gasteiger partial charge in [-0.2, -0.15) is 0 Å². The van der Waals surface area contributed by atoms with Gasteiger partial charge in [-0.05, 0) is 44.6 Å². The van der Waals surface area contributed by atoms with E-state index < -0.39 is 5.97 Å². The molecule has 6 nitrogen and oxygen atoms in total. The molecule has 1 aliphatic rings. The van der Waals surface area contributed by atoms with E-state index in [0.717, 1.165) is 31.4 Å². The van der Waals surface area contributed by atoms with Crippen LogP contribution < -0.4 is 0 Å². The van der Waals surface area contributed by atoms with E-state index >= 15 is 0 Å². The Bertz CT molecular complexity index is 729. The monoisotopic (exact) mass is 376 g/mol. The minimum Gasteiger partial charge on any atom is -0.464 e. The van der Waals surface area contributed by atoms with Crippen LogP contribution in [0, 0.1) is 25.7 Å². The number of methoxy groups -OCH3 is 1. The van der Waals surface area contributed by atoms with Crippen LogP contribution in [-0.2, 0) is 16.6 Å². The van der Waals surface area contributed by atoms with Gasteiger partial charge in [-0.3, -0.25) is 9.59 Å². The largest absolute Gasteiger partial charge is 0.464 e. The molecule has 1 saturated carbocycles. The number of carbonyl (C=O) groups excluding carboxylic acids is 3. The van der Waals surface area contributed by atoms with E-state index in [0.29, 0.717) is 29.3 Å². The second-order valence-corrected chi connectivity index (χ2v) is 7.98. The minimum atomic E-state index is -0.459. The van der Waals surface area contributed by atoms with Crippen LogP contribution in [0.2, 0.25) is 0 Å². The highest BCUT2D eigenvalue weighted by atomic mass is 16.5. The van der Waals surface area contributed by atoms with Crippen molar-refractivity contribution in [3.8, 4) is 0 Å². The molecule has 0 bridgehead atoms. The van der Waals surface area contributed by atoms with Gasteiger partial charge in [-0.1, -0.05) is 20.3 Å². The predicted molar refractivity (Wildman–Crippen MR) is 104 cm³/mol. The number of Topliss-reactive ketones (excluding diaryl/α,β-unsaturated/α-hetero) is 1. The van der Waals surface area contributed by atoms with Crippen LogP contribution in [0.5, 0.6) is 0 Å². The van der Waals surface area contributed by atoms with Crippen molar-refractivity contribution in [1.29, 1.82) is 0 Å². The summed E-state index contributed by atoms with van der Waals surface area (Å²) >= 11 is 0. The first-order chi connectivity index (χ1) is 12.7. The third-order valence-electron chi connectivity index (χ3n) is 5.67. The lowest BCUT2D eigenvalue weighted by Gasteiger charge is -2.31. The highest BCUT2D eigenvalue weighted by Crippen LogP contribution is 2.29. The average molecular weight is 376 g/mol. The van der Waals surface area contributed by atoms with Gasteiger partial charge in [-0.25, -0.2) is 4.79 Å². The van der Waals surface area contributed by atoms with Gasteiger partial charge < -0.3 is 14.2 Å². The number of aromatic nitrogens is 1. The fourth-order valence-electron chi connectivity index (χ4n) is 3.62. The van der Waals surface area contributed by atoms with E-state index in [1.807, 2.05) is 6.92 Å². The molecule has 150 valence electrons. The van der Waals surface area contributed by atoms with Crippen LogP contribution in [0.15, 0.2) is 0 Å². The van der Waals surface area contributed by atoms with Crippen LogP contribution in [0.1, 0.15) is 71.6 Å². The van der Waals surface area contributed by atoms with Crippen LogP contribution in [-0.4, -0.2) is 47.3 Å². The lowest BCUT2D eigenvalue weighted by molar-refractivity contribution is -0.137. The summed E-state index contributed by atoms with van der Waals surface area (Å²) in [5, 5.41) is 0. The number of rotatable bonds is 8. The van der Waals surface area contributed by atoms with E-state index in [4.69, 9.17) is 4.74 Å². The van der Waals surface area contributed by atoms with Crippen LogP contribution in [0.4, 0.5) is 0 Å². The van der Waals surface area contributed by atoms with Gasteiger partial charge in [0.1, 0.15) is 5.69 Å². The van der Waals surface area contributed by atoms with Crippen LogP contribution in [0.3, 0.4) is 0 Å². The molecule has 6 heteroatoms. The molecule has 1 amide bonds. The van der Waals surface area contributed by atoms with Crippen molar-refractivity contribution in [2.24, 2.45) is 18.9 Å². The van der Waals surface area contributed by atoms with Crippen molar-refractivity contribution < 1.29 is 19.1 Å². The molecule has 2 rings (SSSR count). The van der Waals surface area contributed by atoms with Gasteiger partial charge >= 0.3 is 5.97 Å². The predicted octanol–water partition coefficient (Wildman–Crippen LogP) is 3.29. The molecule has 1 fully saturated rings. The Labute approximate surface area is 161 Å². The SMILES string of the molecule is COC(=O)c1c(C)c(C(=O)CN(CCC(C)C)C(=O)C2CCC2)c(C)n1C. The Morgan fingerprint density at radius 3 is 2.33 bits per heavy atom. The van der Waals surface area contributed by atoms with Crippen LogP contribution >= 0.6 is 0 Å². The normalized spacial score (nSPS) is 14.2. The summed E-state index contributed by atoms with van der Waals surface area (Å²) in [5.74, 6) is 0.0395. The molecule has 0 radical (unpaired) electrons. The van der Waals surface area contributed by atoms with E-state index in [9.17, 15) is 14.4 Å². The first kappa shape index (κ1) is 21.2. The zero-order valence-electron chi connectivity index (χ0n) is 17.4. The first-order valence-corrected chi connectivity index (χ1v) is 9.75. The summed E-state index contributed by atoms with van der Waals surface area (Å²) < 4.78 is 6.54. The smallest absolute Gasteiger partial charge is 0.354 e. The van der Waals surface area contributed by atoms with Crippen molar-refractivity contribution in [1.82, 2.24) is 9.47 Å². The molecule has 0 unspecified atom stereocenters. The molecule has 1 aromatic heterocycles. The lowest BCUT2D eigenvalue weighted by atomic mass is 9.84. The highest BCUT2D eigenvalue weighted by molar-refractivity contribution is 6.04. The number of carbonyl (C=O) groups is 3. The summed E-state index contributed by atoms with van der Waals surface area (Å²) in [5.41, 5.74) is 2.25. The fourth-order valence-corrected chi connectivity index (χ4v) is 3.62. The van der Waals surface area contributed by atoms with Crippen molar-refractivity contribution in [2.75, 3.05) is 20.2 Å². The molecule has 0 aliphatic heterocycles. The maximum atomic E-state index is 13.1. The zero-order valence-corrected chi connectivity index (χ0v) is 17.4. The van der Waals surface area contributed by atoms with Gasteiger partial charge in [0.25, 0.3) is 0 Å². The van der Waals surface area contributed by atoms with E-state index in [1.165, 1.54) is 7.11 Å². The van der Waals surface area contributed by atoms with E-state index in [2.05, 4.69) is 13.8 Å². The van der Waals surface area contributed by atoms with Crippen molar-refractivity contribution in [2.45, 2.75) is 53.4 Å². The quantitative estimate of drug-likeness (QED) is 0.516. The second-order valence-electron chi connectivity index (χ2n) is 7.98. The summed E-state index contributed by atoms with van der Waals surface area (Å²) in [6, 6.07) is 0. The summed E-state index contributed by atoms with van der Waals surface area (Å²) in [6.07, 6.45) is 3.79. The number of ether oxygens (including phenoxy) is 1. The van der Waals surface area contributed by atoms with Gasteiger partial charge in [0.05, 0.1) is 13.7 Å². The Kier molecular flexibility index (Phi) is 6.84. The van der Waals surface area contributed by atoms with Gasteiger partial charge in [0.2, 0.25) is 5.91 Å². The van der Waals surface area contributed by atoms with E-state index in [-0.39, 0.29) is 24.2 Å². The molecule has 0 saturated heterocycles. The number of amides is 1. The lowest BCUT2D eigenvalue weighted by Crippen LogP contribution is -2.42. The summed E-state index contributed by atoms with van der Waals surface area (Å²) in [4.78, 5) is 39.7. The molecule has 1 heterocycles. The maximum Gasteiger partial charge on any atom is 0.354 e. The van der Waals surface area contributed by atoms with Crippen LogP contribution in [0.25, 0.3) is 0 Å². The van der Waals surface area contributed by atoms with Gasteiger partial charge in [0.15, 0.2) is 5.78 Å². The highest BCUT2D eigenvalue weighted by Gasteiger charge is 2.32. The first-order valence-electron chi connectivity index (χ1n) is 9.75. The zero-order chi connectivity index (χ0) is 20.3. The molecule has 0 spiro atoms. The molecular formula is C21H32N2O4. The topological polar surface area (TPSA) is 68.6 Å². The van der Waals surface area contributed by atoms with E-state index in [1.54, 1.807) is 23.4 Å². The molecule has 27 heavy (non-hydrogen) atoms. The number of esters is 1. The molecule has 0 N–H and O–H groups in total. The fraction of sp³-hybridized carbons (Fsp3) is 0.667. The summed E-state index contributed by atoms with van der Waals surface area (Å²) in [6.45, 7) is 8.46. The molecule has 1 aliphatic carbocycles. The van der Waals surface area contributed by atoms with Gasteiger partial charge in [0, 0.05) is 30.8 Å². The van der Waals surface area contributed by atoms with Crippen molar-refractivity contribution in [3.63, 3.8) is 0 Å². The number of hydrogen-bond acceptors (Lipinski definition) is 4. The maximum absolute atomic E-state index is 13.1. The number of ketones is 1. The Balaban J connectivity index is 2.26. The molecule has 1 aromatic rings. The Morgan fingerprint density at radius 1 is 1.22 bits per heavy atom. The minimum absolute atomic E-state index is 0.0635. The Hall–Kier alpha value is -2.11. The molecule has 0 aromatic carbocycles. The third-order valence-corrected chi connectivity index (χ3v) is 5.67. The third kappa shape index (κ3) is 4.42. The van der Waals surface area contributed by atoms with Crippen molar-refractivity contribution >= 4 is 17.7 Å². The van der Waals surface area contributed by atoms with Crippen molar-refractivity contribution in [3.05, 3.63) is 22.5 Å². The number of hydrogen-bond donors (Lipinski definition) is 0.